The van der Waals surface area contributed by atoms with Crippen molar-refractivity contribution in [2.45, 2.75) is 38.1 Å². The largest absolute Gasteiger partial charge is 0.343 e. The molecule has 1 heterocycles. The molecule has 1 aliphatic heterocycles. The number of halogens is 2. The van der Waals surface area contributed by atoms with Gasteiger partial charge in [0.15, 0.2) is 5.79 Å². The zero-order valence-electron chi connectivity index (χ0n) is 10.5. The van der Waals surface area contributed by atoms with E-state index in [4.69, 9.17) is 32.7 Å². The van der Waals surface area contributed by atoms with E-state index < -0.39 is 5.79 Å². The molecule has 2 atom stereocenters. The molecule has 0 aromatic heterocycles. The fourth-order valence-corrected chi connectivity index (χ4v) is 2.54. The summed E-state index contributed by atoms with van der Waals surface area (Å²) in [6.45, 7) is 2.66. The van der Waals surface area contributed by atoms with Crippen molar-refractivity contribution in [3.05, 3.63) is 34.9 Å². The second-order valence-electron chi connectivity index (χ2n) is 4.65. The third-order valence-corrected chi connectivity index (χ3v) is 3.64. The molecule has 4 heteroatoms. The average molecular weight is 289 g/mol. The Morgan fingerprint density at radius 3 is 2.56 bits per heavy atom. The van der Waals surface area contributed by atoms with Crippen LogP contribution in [0, 0.1) is 0 Å². The molecule has 1 fully saturated rings. The first-order chi connectivity index (χ1) is 8.66. The van der Waals surface area contributed by atoms with E-state index in [-0.39, 0.29) is 6.10 Å². The molecule has 0 N–H and O–H groups in total. The van der Waals surface area contributed by atoms with Crippen LogP contribution in [-0.2, 0) is 15.3 Å². The second-order valence-corrected chi connectivity index (χ2v) is 5.46. The standard InChI is InChI=1S/C14H18Cl2O2/c1-11-10-17-14(18-11,8-2-3-9-15)12-4-6-13(16)7-5-12/h4-7,11H,2-3,8-10H2,1H3. The van der Waals surface area contributed by atoms with E-state index in [0.717, 1.165) is 29.8 Å². The fraction of sp³-hybridized carbons (Fsp3) is 0.571. The molecule has 0 spiro atoms. The molecular weight excluding hydrogens is 271 g/mol. The van der Waals surface area contributed by atoms with Crippen molar-refractivity contribution < 1.29 is 9.47 Å². The Morgan fingerprint density at radius 2 is 2.00 bits per heavy atom. The summed E-state index contributed by atoms with van der Waals surface area (Å²) in [6, 6.07) is 7.69. The van der Waals surface area contributed by atoms with Gasteiger partial charge in [0.05, 0.1) is 12.7 Å². The first-order valence-electron chi connectivity index (χ1n) is 6.30. The van der Waals surface area contributed by atoms with Crippen molar-refractivity contribution >= 4 is 23.2 Å². The number of hydrogen-bond acceptors (Lipinski definition) is 2. The van der Waals surface area contributed by atoms with Crippen LogP contribution < -0.4 is 0 Å². The van der Waals surface area contributed by atoms with E-state index in [1.807, 2.05) is 31.2 Å². The summed E-state index contributed by atoms with van der Waals surface area (Å²) < 4.78 is 11.9. The smallest absolute Gasteiger partial charge is 0.195 e. The van der Waals surface area contributed by atoms with Gasteiger partial charge in [-0.05, 0) is 31.9 Å². The van der Waals surface area contributed by atoms with Crippen LogP contribution in [0.15, 0.2) is 24.3 Å². The van der Waals surface area contributed by atoms with Crippen LogP contribution in [0.25, 0.3) is 0 Å². The van der Waals surface area contributed by atoms with Crippen molar-refractivity contribution in [2.24, 2.45) is 0 Å². The monoisotopic (exact) mass is 288 g/mol. The predicted octanol–water partition coefficient (Wildman–Crippen LogP) is 4.34. The first-order valence-corrected chi connectivity index (χ1v) is 7.21. The van der Waals surface area contributed by atoms with Crippen LogP contribution in [0.3, 0.4) is 0 Å². The van der Waals surface area contributed by atoms with E-state index in [1.54, 1.807) is 0 Å². The Morgan fingerprint density at radius 1 is 1.28 bits per heavy atom. The molecule has 0 radical (unpaired) electrons. The van der Waals surface area contributed by atoms with Gasteiger partial charge in [0, 0.05) is 22.9 Å². The van der Waals surface area contributed by atoms with E-state index in [0.29, 0.717) is 12.5 Å². The van der Waals surface area contributed by atoms with Gasteiger partial charge in [-0.15, -0.1) is 11.6 Å². The Hall–Kier alpha value is -0.280. The quantitative estimate of drug-likeness (QED) is 0.593. The number of benzene rings is 1. The molecule has 18 heavy (non-hydrogen) atoms. The van der Waals surface area contributed by atoms with Gasteiger partial charge >= 0.3 is 0 Å². The Labute approximate surface area is 118 Å². The summed E-state index contributed by atoms with van der Waals surface area (Å²) >= 11 is 11.6. The van der Waals surface area contributed by atoms with Crippen LogP contribution in [0.5, 0.6) is 0 Å². The van der Waals surface area contributed by atoms with Crippen molar-refractivity contribution in [1.29, 1.82) is 0 Å². The van der Waals surface area contributed by atoms with Gasteiger partial charge in [-0.25, -0.2) is 0 Å². The summed E-state index contributed by atoms with van der Waals surface area (Å²) in [4.78, 5) is 0. The van der Waals surface area contributed by atoms with E-state index in [1.165, 1.54) is 0 Å². The molecular formula is C14H18Cl2O2. The van der Waals surface area contributed by atoms with Gasteiger partial charge in [0.2, 0.25) is 0 Å². The van der Waals surface area contributed by atoms with Gasteiger partial charge in [-0.3, -0.25) is 0 Å². The number of unbranched alkanes of at least 4 members (excludes halogenated alkanes) is 1. The van der Waals surface area contributed by atoms with Gasteiger partial charge in [-0.1, -0.05) is 23.7 Å². The molecule has 0 bridgehead atoms. The Bertz CT molecular complexity index is 380. The maximum atomic E-state index is 6.01. The summed E-state index contributed by atoms with van der Waals surface area (Å²) in [6.07, 6.45) is 2.90. The molecule has 0 amide bonds. The van der Waals surface area contributed by atoms with Crippen molar-refractivity contribution in [3.8, 4) is 0 Å². The summed E-state index contributed by atoms with van der Waals surface area (Å²) in [7, 11) is 0. The molecule has 1 aliphatic rings. The minimum absolute atomic E-state index is 0.122. The number of alkyl halides is 1. The third kappa shape index (κ3) is 3.18. The fourth-order valence-electron chi connectivity index (χ4n) is 2.23. The van der Waals surface area contributed by atoms with Crippen LogP contribution in [-0.4, -0.2) is 18.6 Å². The maximum absolute atomic E-state index is 6.01. The van der Waals surface area contributed by atoms with E-state index >= 15 is 0 Å². The SMILES string of the molecule is CC1COC(CCCCCl)(c2ccc(Cl)cc2)O1. The van der Waals surface area contributed by atoms with E-state index in [2.05, 4.69) is 0 Å². The van der Waals surface area contributed by atoms with Crippen LogP contribution in [0.1, 0.15) is 31.7 Å². The van der Waals surface area contributed by atoms with Gasteiger partial charge in [0.25, 0.3) is 0 Å². The average Bonchev–Trinajstić information content (AvgIpc) is 2.73. The minimum Gasteiger partial charge on any atom is -0.343 e. The van der Waals surface area contributed by atoms with Gasteiger partial charge in [-0.2, -0.15) is 0 Å². The topological polar surface area (TPSA) is 18.5 Å². The first kappa shape index (κ1) is 14.1. The van der Waals surface area contributed by atoms with Crippen LogP contribution in [0.4, 0.5) is 0 Å². The van der Waals surface area contributed by atoms with Gasteiger partial charge < -0.3 is 9.47 Å². The number of rotatable bonds is 5. The van der Waals surface area contributed by atoms with Crippen molar-refractivity contribution in [3.63, 3.8) is 0 Å². The second kappa shape index (κ2) is 6.25. The molecule has 100 valence electrons. The molecule has 2 nitrogen and oxygen atoms in total. The normalized spacial score (nSPS) is 27.6. The molecule has 1 saturated heterocycles. The highest BCUT2D eigenvalue weighted by Crippen LogP contribution is 2.39. The van der Waals surface area contributed by atoms with Crippen molar-refractivity contribution in [1.82, 2.24) is 0 Å². The lowest BCUT2D eigenvalue weighted by Crippen LogP contribution is -2.27. The predicted molar refractivity (Wildman–Crippen MR) is 74.2 cm³/mol. The highest BCUT2D eigenvalue weighted by atomic mass is 35.5. The lowest BCUT2D eigenvalue weighted by molar-refractivity contribution is -0.180. The number of ether oxygens (including phenoxy) is 2. The summed E-state index contributed by atoms with van der Waals surface area (Å²) in [5.41, 5.74) is 1.03. The lowest BCUT2D eigenvalue weighted by Gasteiger charge is -2.28. The highest BCUT2D eigenvalue weighted by Gasteiger charge is 2.40. The Kier molecular flexibility index (Phi) is 4.91. The number of hydrogen-bond donors (Lipinski definition) is 0. The maximum Gasteiger partial charge on any atom is 0.195 e. The zero-order chi connectivity index (χ0) is 13.0. The lowest BCUT2D eigenvalue weighted by atomic mass is 10.00. The van der Waals surface area contributed by atoms with Crippen LogP contribution in [0.2, 0.25) is 5.02 Å². The zero-order valence-corrected chi connectivity index (χ0v) is 12.0. The third-order valence-electron chi connectivity index (χ3n) is 3.12. The minimum atomic E-state index is -0.615. The molecule has 1 aromatic rings. The highest BCUT2D eigenvalue weighted by molar-refractivity contribution is 6.30. The molecule has 0 saturated carbocycles. The summed E-state index contributed by atoms with van der Waals surface area (Å²) in [5.74, 6) is 0.0579. The molecule has 1 aromatic carbocycles. The van der Waals surface area contributed by atoms with Crippen molar-refractivity contribution in [2.75, 3.05) is 12.5 Å². The molecule has 0 aliphatic carbocycles. The summed E-state index contributed by atoms with van der Waals surface area (Å²) in [5, 5.41) is 0.723. The molecule has 2 rings (SSSR count). The van der Waals surface area contributed by atoms with Crippen LogP contribution >= 0.6 is 23.2 Å². The van der Waals surface area contributed by atoms with E-state index in [9.17, 15) is 0 Å². The molecule has 2 unspecified atom stereocenters. The Balaban J connectivity index is 2.16. The van der Waals surface area contributed by atoms with Gasteiger partial charge in [0.1, 0.15) is 0 Å².